The maximum Gasteiger partial charge on any atom is 0.293 e. The van der Waals surface area contributed by atoms with Crippen LogP contribution in [0.15, 0.2) is 35.1 Å². The monoisotopic (exact) mass is 374 g/mol. The molecule has 0 spiro atoms. The van der Waals surface area contributed by atoms with Crippen molar-refractivity contribution in [3.63, 3.8) is 0 Å². The van der Waals surface area contributed by atoms with Crippen LogP contribution in [0.1, 0.15) is 36.6 Å². The first-order valence-electron chi connectivity index (χ1n) is 9.14. The van der Waals surface area contributed by atoms with Crippen LogP contribution in [-0.4, -0.2) is 28.5 Å². The summed E-state index contributed by atoms with van der Waals surface area (Å²) in [7, 11) is 0. The van der Waals surface area contributed by atoms with Crippen molar-refractivity contribution in [2.24, 2.45) is 0 Å². The lowest BCUT2D eigenvalue weighted by atomic mass is 10.2. The van der Waals surface area contributed by atoms with Gasteiger partial charge in [-0.2, -0.15) is 0 Å². The number of likely N-dealkylation sites (tertiary alicyclic amines) is 1. The number of benzene rings is 1. The Hall–Kier alpha value is -2.70. The average molecular weight is 374 g/mol. The van der Waals surface area contributed by atoms with Gasteiger partial charge in [-0.05, 0) is 55.5 Å². The van der Waals surface area contributed by atoms with Gasteiger partial charge in [-0.15, -0.1) is 0 Å². The van der Waals surface area contributed by atoms with Crippen molar-refractivity contribution in [2.75, 3.05) is 13.1 Å². The Morgan fingerprint density at radius 1 is 1.11 bits per heavy atom. The van der Waals surface area contributed by atoms with Crippen LogP contribution in [0.5, 0.6) is 5.75 Å². The van der Waals surface area contributed by atoms with Crippen molar-refractivity contribution in [1.82, 2.24) is 9.47 Å². The molecule has 142 valence electrons. The van der Waals surface area contributed by atoms with Gasteiger partial charge in [0.05, 0.1) is 0 Å². The zero-order chi connectivity index (χ0) is 19.0. The van der Waals surface area contributed by atoms with E-state index in [1.807, 2.05) is 4.90 Å². The van der Waals surface area contributed by atoms with Gasteiger partial charge in [0, 0.05) is 18.8 Å². The lowest BCUT2D eigenvalue weighted by Crippen LogP contribution is -2.37. The molecule has 1 saturated heterocycles. The molecule has 0 radical (unpaired) electrons. The maximum atomic E-state index is 13.3. The minimum absolute atomic E-state index is 0.00824. The number of pyridine rings is 1. The summed E-state index contributed by atoms with van der Waals surface area (Å²) in [6.07, 6.45) is 3.27. The van der Waals surface area contributed by atoms with Crippen LogP contribution in [0.2, 0.25) is 0 Å². The van der Waals surface area contributed by atoms with Crippen LogP contribution in [0, 0.1) is 11.6 Å². The number of aromatic nitrogens is 1. The zero-order valence-electron chi connectivity index (χ0n) is 14.8. The molecule has 1 atom stereocenters. The number of amides is 1. The molecular weight excluding hydrogens is 354 g/mol. The topological polar surface area (TPSA) is 51.5 Å². The Morgan fingerprint density at radius 3 is 2.63 bits per heavy atom. The fourth-order valence-electron chi connectivity index (χ4n) is 3.81. The fourth-order valence-corrected chi connectivity index (χ4v) is 3.81. The molecule has 7 heteroatoms. The van der Waals surface area contributed by atoms with Gasteiger partial charge in [0.25, 0.3) is 5.56 Å². The molecule has 1 amide bonds. The lowest BCUT2D eigenvalue weighted by molar-refractivity contribution is -0.133. The third kappa shape index (κ3) is 3.34. The van der Waals surface area contributed by atoms with E-state index < -0.39 is 17.7 Å². The van der Waals surface area contributed by atoms with Crippen LogP contribution >= 0.6 is 0 Å². The van der Waals surface area contributed by atoms with Crippen molar-refractivity contribution in [2.45, 2.75) is 38.3 Å². The molecule has 2 aliphatic rings. The van der Waals surface area contributed by atoms with Crippen LogP contribution < -0.4 is 10.3 Å². The third-order valence-electron chi connectivity index (χ3n) is 5.23. The molecule has 1 aromatic heterocycles. The molecule has 0 N–H and O–H groups in total. The second kappa shape index (κ2) is 7.13. The van der Waals surface area contributed by atoms with E-state index in [9.17, 15) is 18.4 Å². The predicted molar refractivity (Wildman–Crippen MR) is 94.6 cm³/mol. The first kappa shape index (κ1) is 17.7. The maximum absolute atomic E-state index is 13.3. The van der Waals surface area contributed by atoms with Crippen molar-refractivity contribution in [3.8, 4) is 5.75 Å². The molecule has 4 rings (SSSR count). The number of fused-ring (bicyclic) bond motifs is 1. The van der Waals surface area contributed by atoms with Crippen molar-refractivity contribution >= 4 is 5.91 Å². The number of ether oxygens (including phenoxy) is 1. The molecule has 1 fully saturated rings. The number of aryl methyl sites for hydroxylation is 1. The molecule has 27 heavy (non-hydrogen) atoms. The second-order valence-corrected chi connectivity index (χ2v) is 6.99. The van der Waals surface area contributed by atoms with E-state index in [2.05, 4.69) is 0 Å². The van der Waals surface area contributed by atoms with Crippen LogP contribution in [-0.2, 0) is 17.8 Å². The van der Waals surface area contributed by atoms with Gasteiger partial charge in [-0.3, -0.25) is 14.2 Å². The van der Waals surface area contributed by atoms with E-state index in [0.717, 1.165) is 43.8 Å². The molecule has 2 aliphatic heterocycles. The number of carbonyl (C=O) groups is 1. The van der Waals surface area contributed by atoms with Crippen molar-refractivity contribution < 1.29 is 18.3 Å². The van der Waals surface area contributed by atoms with Gasteiger partial charge in [0.2, 0.25) is 5.91 Å². The third-order valence-corrected chi connectivity index (χ3v) is 5.23. The van der Waals surface area contributed by atoms with Gasteiger partial charge in [0.1, 0.15) is 12.6 Å². The average Bonchev–Trinajstić information content (AvgIpc) is 3.33. The summed E-state index contributed by atoms with van der Waals surface area (Å²) in [6.45, 7) is 1.42. The molecule has 1 aromatic carbocycles. The van der Waals surface area contributed by atoms with E-state index in [1.165, 1.54) is 10.6 Å². The van der Waals surface area contributed by atoms with E-state index in [1.54, 1.807) is 12.1 Å². The van der Waals surface area contributed by atoms with Gasteiger partial charge in [-0.1, -0.05) is 6.07 Å². The molecule has 0 saturated carbocycles. The number of hydrogen-bond acceptors (Lipinski definition) is 3. The van der Waals surface area contributed by atoms with Gasteiger partial charge >= 0.3 is 0 Å². The van der Waals surface area contributed by atoms with Gasteiger partial charge < -0.3 is 9.64 Å². The summed E-state index contributed by atoms with van der Waals surface area (Å²) in [5, 5.41) is 0. The Bertz CT molecular complexity index is 935. The summed E-state index contributed by atoms with van der Waals surface area (Å²) in [5.41, 5.74) is 0.881. The van der Waals surface area contributed by atoms with E-state index in [0.29, 0.717) is 18.4 Å². The highest BCUT2D eigenvalue weighted by Crippen LogP contribution is 2.28. The molecule has 2 aromatic rings. The minimum atomic E-state index is -0.960. The molecule has 3 heterocycles. The Labute approximate surface area is 155 Å². The van der Waals surface area contributed by atoms with Crippen molar-refractivity contribution in [1.29, 1.82) is 0 Å². The Morgan fingerprint density at radius 2 is 1.89 bits per heavy atom. The second-order valence-electron chi connectivity index (χ2n) is 6.99. The fraction of sp³-hybridized carbons (Fsp3) is 0.400. The first-order chi connectivity index (χ1) is 13.0. The SMILES string of the molecule is O=C([C@@H]1CCc2ccc(OCc3ccc(F)c(F)c3)c(=O)n21)N1CCCC1. The molecule has 0 bridgehead atoms. The first-order valence-corrected chi connectivity index (χ1v) is 9.14. The van der Waals surface area contributed by atoms with Gasteiger partial charge in [-0.25, -0.2) is 8.78 Å². The molecule has 5 nitrogen and oxygen atoms in total. The number of hydrogen-bond donors (Lipinski definition) is 0. The van der Waals surface area contributed by atoms with E-state index >= 15 is 0 Å². The Balaban J connectivity index is 1.55. The number of carbonyl (C=O) groups excluding carboxylic acids is 1. The zero-order valence-corrected chi connectivity index (χ0v) is 14.8. The van der Waals surface area contributed by atoms with Crippen LogP contribution in [0.4, 0.5) is 8.78 Å². The van der Waals surface area contributed by atoms with Crippen molar-refractivity contribution in [3.05, 3.63) is 63.6 Å². The predicted octanol–water partition coefficient (Wildman–Crippen LogP) is 2.82. The Kier molecular flexibility index (Phi) is 4.68. The number of halogens is 2. The normalized spacial score (nSPS) is 18.6. The molecule has 0 aliphatic carbocycles. The van der Waals surface area contributed by atoms with Crippen LogP contribution in [0.25, 0.3) is 0 Å². The van der Waals surface area contributed by atoms with Gasteiger partial charge in [0.15, 0.2) is 17.4 Å². The smallest absolute Gasteiger partial charge is 0.293 e. The number of rotatable bonds is 4. The highest BCUT2D eigenvalue weighted by molar-refractivity contribution is 5.81. The summed E-state index contributed by atoms with van der Waals surface area (Å²) < 4.78 is 33.4. The minimum Gasteiger partial charge on any atom is -0.483 e. The van der Waals surface area contributed by atoms with Crippen LogP contribution in [0.3, 0.4) is 0 Å². The van der Waals surface area contributed by atoms with E-state index in [-0.39, 0.29) is 23.8 Å². The van der Waals surface area contributed by atoms with E-state index in [4.69, 9.17) is 4.74 Å². The highest BCUT2D eigenvalue weighted by Gasteiger charge is 2.34. The highest BCUT2D eigenvalue weighted by atomic mass is 19.2. The molecular formula is C20H20F2N2O3. The quantitative estimate of drug-likeness (QED) is 0.827. The summed E-state index contributed by atoms with van der Waals surface area (Å²) >= 11 is 0. The summed E-state index contributed by atoms with van der Waals surface area (Å²) in [4.78, 5) is 27.5. The lowest BCUT2D eigenvalue weighted by Gasteiger charge is -2.22. The number of nitrogens with zero attached hydrogens (tertiary/aromatic N) is 2. The standard InChI is InChI=1S/C20H20F2N2O3/c21-15-6-3-13(11-16(15)22)12-27-18-8-5-14-4-7-17(24(14)20(18)26)19(25)23-9-1-2-10-23/h3,5-6,8,11,17H,1-2,4,7,9-10,12H2/t17-/m0/s1. The molecule has 0 unspecified atom stereocenters. The summed E-state index contributed by atoms with van der Waals surface area (Å²) in [5.74, 6) is -1.80. The largest absolute Gasteiger partial charge is 0.483 e. The summed E-state index contributed by atoms with van der Waals surface area (Å²) in [6, 6.07) is 6.35.